The van der Waals surface area contributed by atoms with E-state index in [9.17, 15) is 19.5 Å². The van der Waals surface area contributed by atoms with Crippen LogP contribution in [0.2, 0.25) is 0 Å². The summed E-state index contributed by atoms with van der Waals surface area (Å²) in [5, 5.41) is 24.4. The van der Waals surface area contributed by atoms with Crippen LogP contribution in [0.1, 0.15) is 6.42 Å². The molecule has 4 rings (SSSR count). The summed E-state index contributed by atoms with van der Waals surface area (Å²) in [7, 11) is 3.90. The fraction of sp³-hybridized carbons (Fsp3) is 0.611. The van der Waals surface area contributed by atoms with E-state index in [4.69, 9.17) is 5.73 Å². The normalized spacial score (nSPS) is 24.2. The van der Waals surface area contributed by atoms with Crippen LogP contribution in [-0.2, 0) is 20.9 Å². The van der Waals surface area contributed by atoms with Crippen molar-refractivity contribution in [2.24, 2.45) is 10.7 Å². The molecule has 0 radical (unpaired) electrons. The molecule has 16 heteroatoms. The van der Waals surface area contributed by atoms with Crippen molar-refractivity contribution < 1.29 is 19.5 Å². The fourth-order valence-electron chi connectivity index (χ4n) is 3.62. The van der Waals surface area contributed by atoms with Crippen molar-refractivity contribution in [3.8, 4) is 0 Å². The fourth-order valence-corrected chi connectivity index (χ4v) is 6.78. The van der Waals surface area contributed by atoms with E-state index in [1.807, 2.05) is 19.0 Å². The second kappa shape index (κ2) is 10.6. The zero-order chi connectivity index (χ0) is 24.4. The molecule has 2 amide bonds. The van der Waals surface area contributed by atoms with Gasteiger partial charge in [-0.3, -0.25) is 19.5 Å². The van der Waals surface area contributed by atoms with Gasteiger partial charge < -0.3 is 21.1 Å². The molecule has 0 saturated carbocycles. The minimum absolute atomic E-state index is 0.0263. The molecule has 1 aromatic heterocycles. The van der Waals surface area contributed by atoms with Crippen LogP contribution in [0.3, 0.4) is 0 Å². The summed E-state index contributed by atoms with van der Waals surface area (Å²) < 4.78 is 1.67. The van der Waals surface area contributed by atoms with Crippen LogP contribution in [0.4, 0.5) is 0 Å². The molecule has 0 aromatic carbocycles. The molecule has 3 aliphatic heterocycles. The van der Waals surface area contributed by atoms with Crippen LogP contribution in [0.5, 0.6) is 0 Å². The number of fused-ring (bicyclic) bond motifs is 1. The number of rotatable bonds is 10. The number of β-lactam (4-membered cyclic amide) rings is 1. The molecule has 34 heavy (non-hydrogen) atoms. The number of hydrogen-bond donors (Lipinski definition) is 3. The Labute approximate surface area is 208 Å². The number of tetrazole rings is 1. The predicted molar refractivity (Wildman–Crippen MR) is 129 cm³/mol. The van der Waals surface area contributed by atoms with E-state index in [1.54, 1.807) is 4.68 Å². The highest BCUT2D eigenvalue weighted by Crippen LogP contribution is 2.41. The summed E-state index contributed by atoms with van der Waals surface area (Å²) in [6, 6.07) is -0.761. The molecular formula is C18H25N9O4S3. The topological polar surface area (TPSA) is 172 Å². The van der Waals surface area contributed by atoms with Gasteiger partial charge in [0.05, 0.1) is 13.0 Å². The van der Waals surface area contributed by atoms with E-state index in [-0.39, 0.29) is 23.5 Å². The monoisotopic (exact) mass is 527 g/mol. The van der Waals surface area contributed by atoms with Gasteiger partial charge in [-0.2, -0.15) is 0 Å². The molecule has 0 spiro atoms. The minimum atomic E-state index is -1.17. The molecule has 13 nitrogen and oxygen atoms in total. The maximum absolute atomic E-state index is 12.8. The first-order valence-electron chi connectivity index (χ1n) is 10.4. The number of aliphatic carboxylic acids is 1. The van der Waals surface area contributed by atoms with Crippen LogP contribution in [0, 0.1) is 0 Å². The summed E-state index contributed by atoms with van der Waals surface area (Å²) >= 11 is 4.20. The van der Waals surface area contributed by atoms with Crippen molar-refractivity contribution >= 4 is 58.8 Å². The zero-order valence-corrected chi connectivity index (χ0v) is 21.0. The molecule has 0 aliphatic carbocycles. The van der Waals surface area contributed by atoms with E-state index in [0.717, 1.165) is 6.54 Å². The standard InChI is InChI=1S/C18H25N9O4S3/c1-25(2)3-4-26-18(22-23-24-26)34-7-9-6-32-15-12(14(29)27(15)13(9)16(30)31)21-11(28)5-10-8-33-17(19)20-10/h12,15,17H,3-8,19H2,1-2H3,(H,21,28)(H,30,31)/t12-,15+,17?/m1/s1. The smallest absolute Gasteiger partial charge is 0.352 e. The lowest BCUT2D eigenvalue weighted by Crippen LogP contribution is -2.70. The maximum atomic E-state index is 12.8. The molecule has 1 aromatic rings. The first-order chi connectivity index (χ1) is 16.2. The van der Waals surface area contributed by atoms with E-state index in [2.05, 4.69) is 25.8 Å². The molecule has 3 aliphatic rings. The Morgan fingerprint density at radius 1 is 1.32 bits per heavy atom. The number of thioether (sulfide) groups is 3. The van der Waals surface area contributed by atoms with Gasteiger partial charge in [0.2, 0.25) is 11.1 Å². The first kappa shape index (κ1) is 25.0. The minimum Gasteiger partial charge on any atom is -0.477 e. The third-order valence-electron chi connectivity index (χ3n) is 5.29. The Hall–Kier alpha value is -2.14. The van der Waals surface area contributed by atoms with Crippen molar-refractivity contribution in [3.05, 3.63) is 11.3 Å². The molecular weight excluding hydrogens is 502 g/mol. The Bertz CT molecular complexity index is 1040. The summed E-state index contributed by atoms with van der Waals surface area (Å²) in [4.78, 5) is 44.7. The Balaban J connectivity index is 1.39. The van der Waals surface area contributed by atoms with Gasteiger partial charge in [-0.1, -0.05) is 11.8 Å². The highest BCUT2D eigenvalue weighted by molar-refractivity contribution is 8.01. The molecule has 4 N–H and O–H groups in total. The number of amides is 2. The van der Waals surface area contributed by atoms with Gasteiger partial charge in [-0.15, -0.1) is 28.6 Å². The predicted octanol–water partition coefficient (Wildman–Crippen LogP) is -1.11. The average molecular weight is 528 g/mol. The van der Waals surface area contributed by atoms with Gasteiger partial charge >= 0.3 is 5.97 Å². The van der Waals surface area contributed by atoms with Gasteiger partial charge in [0.1, 0.15) is 22.6 Å². The maximum Gasteiger partial charge on any atom is 0.352 e. The van der Waals surface area contributed by atoms with E-state index in [0.29, 0.717) is 40.2 Å². The lowest BCUT2D eigenvalue weighted by atomic mass is 10.0. The molecule has 3 atom stereocenters. The largest absolute Gasteiger partial charge is 0.477 e. The van der Waals surface area contributed by atoms with E-state index < -0.39 is 23.3 Å². The number of likely N-dealkylation sites (N-methyl/N-ethyl adjacent to an activating group) is 1. The first-order valence-corrected chi connectivity index (χ1v) is 13.5. The average Bonchev–Trinajstić information content (AvgIpc) is 3.41. The quantitative estimate of drug-likeness (QED) is 0.248. The number of nitrogens with two attached hydrogens (primary N) is 1. The van der Waals surface area contributed by atoms with Gasteiger partial charge in [-0.25, -0.2) is 9.48 Å². The molecule has 1 unspecified atom stereocenters. The third kappa shape index (κ3) is 5.40. The summed E-state index contributed by atoms with van der Waals surface area (Å²) in [6.07, 6.45) is 0.0773. The Morgan fingerprint density at radius 3 is 2.79 bits per heavy atom. The van der Waals surface area contributed by atoms with Crippen LogP contribution in [0.25, 0.3) is 0 Å². The Kier molecular flexibility index (Phi) is 7.81. The highest BCUT2D eigenvalue weighted by Gasteiger charge is 2.54. The van der Waals surface area contributed by atoms with Crippen molar-refractivity contribution in [1.29, 1.82) is 0 Å². The molecule has 0 bridgehead atoms. The van der Waals surface area contributed by atoms with Crippen molar-refractivity contribution in [3.63, 3.8) is 0 Å². The summed E-state index contributed by atoms with van der Waals surface area (Å²) in [6.45, 7) is 1.36. The number of carbonyl (C=O) groups excluding carboxylic acids is 2. The van der Waals surface area contributed by atoms with E-state index in [1.165, 1.54) is 40.2 Å². The number of carboxylic acids is 1. The lowest BCUT2D eigenvalue weighted by Gasteiger charge is -2.49. The van der Waals surface area contributed by atoms with E-state index >= 15 is 0 Å². The van der Waals surface area contributed by atoms with Crippen LogP contribution in [-0.4, -0.2) is 113 Å². The molecule has 184 valence electrons. The number of nitrogens with one attached hydrogen (secondary N) is 1. The van der Waals surface area contributed by atoms with Gasteiger partial charge in [-0.05, 0) is 30.1 Å². The third-order valence-corrected chi connectivity index (χ3v) is 8.62. The van der Waals surface area contributed by atoms with Gasteiger partial charge in [0.25, 0.3) is 5.91 Å². The van der Waals surface area contributed by atoms with Crippen molar-refractivity contribution in [2.75, 3.05) is 37.9 Å². The zero-order valence-electron chi connectivity index (χ0n) is 18.6. The van der Waals surface area contributed by atoms with Crippen LogP contribution in [0.15, 0.2) is 21.4 Å². The molecule has 1 saturated heterocycles. The second-order valence-electron chi connectivity index (χ2n) is 8.06. The molecule has 1 fully saturated rings. The lowest BCUT2D eigenvalue weighted by molar-refractivity contribution is -0.150. The highest BCUT2D eigenvalue weighted by atomic mass is 32.2. The second-order valence-corrected chi connectivity index (χ2v) is 11.2. The number of carboxylic acid groups (broad SMARTS) is 1. The van der Waals surface area contributed by atoms with Crippen molar-refractivity contribution in [2.45, 2.75) is 35.0 Å². The van der Waals surface area contributed by atoms with Crippen LogP contribution < -0.4 is 11.1 Å². The number of nitrogens with zero attached hydrogens (tertiary/aromatic N) is 7. The summed E-state index contributed by atoms with van der Waals surface area (Å²) in [5.41, 5.74) is 6.63. The number of hydrogen-bond acceptors (Lipinski definition) is 12. The Morgan fingerprint density at radius 2 is 2.12 bits per heavy atom. The van der Waals surface area contributed by atoms with Crippen LogP contribution >= 0.6 is 35.3 Å². The van der Waals surface area contributed by atoms with Gasteiger partial charge in [0.15, 0.2) is 0 Å². The van der Waals surface area contributed by atoms with Gasteiger partial charge in [0, 0.05) is 29.5 Å². The number of carbonyl (C=O) groups is 3. The van der Waals surface area contributed by atoms with Crippen molar-refractivity contribution in [1.82, 2.24) is 35.3 Å². The molecule has 4 heterocycles. The summed E-state index contributed by atoms with van der Waals surface area (Å²) in [5.74, 6) is -0.574. The number of aromatic nitrogens is 4. The number of aliphatic imine (C=N–C) groups is 1. The SMILES string of the molecule is CN(C)CCn1nnnc1SCC1=C(C(=O)O)N2C(=O)[C@@H](NC(=O)CC3=NC(N)SC3)[C@@H]2SC1.